The van der Waals surface area contributed by atoms with E-state index in [1.54, 1.807) is 24.0 Å². The van der Waals surface area contributed by atoms with Gasteiger partial charge in [-0.3, -0.25) is 9.40 Å². The van der Waals surface area contributed by atoms with Crippen molar-refractivity contribution in [3.8, 4) is 0 Å². The summed E-state index contributed by atoms with van der Waals surface area (Å²) in [7, 11) is -1.95. The smallest absolute Gasteiger partial charge is 0.262 e. The van der Waals surface area contributed by atoms with Crippen LogP contribution in [0.15, 0.2) is 17.3 Å². The fourth-order valence-corrected chi connectivity index (χ4v) is 4.65. The lowest BCUT2D eigenvalue weighted by atomic mass is 9.99. The van der Waals surface area contributed by atoms with Gasteiger partial charge in [-0.15, -0.1) is 0 Å². The van der Waals surface area contributed by atoms with Crippen LogP contribution in [0.1, 0.15) is 43.0 Å². The molecule has 2 aliphatic carbocycles. The number of rotatable bonds is 4. The number of aryl methyl sites for hydroxylation is 2. The van der Waals surface area contributed by atoms with E-state index in [4.69, 9.17) is 0 Å². The van der Waals surface area contributed by atoms with Gasteiger partial charge in [-0.2, -0.15) is 18.6 Å². The molecule has 0 saturated heterocycles. The van der Waals surface area contributed by atoms with Crippen LogP contribution in [0.4, 0.5) is 5.82 Å². The van der Waals surface area contributed by atoms with Crippen molar-refractivity contribution < 1.29 is 8.42 Å². The lowest BCUT2D eigenvalue weighted by Gasteiger charge is -2.13. The van der Waals surface area contributed by atoms with Crippen LogP contribution in [0, 0.1) is 0 Å². The highest BCUT2D eigenvalue weighted by molar-refractivity contribution is 7.92. The molecule has 118 valence electrons. The molecule has 2 aliphatic rings. The number of anilines is 1. The van der Waals surface area contributed by atoms with Crippen molar-refractivity contribution in [3.05, 3.63) is 23.5 Å². The third-order valence-corrected chi connectivity index (χ3v) is 5.82. The Balaban J connectivity index is 1.72. The standard InChI is InChI=1S/C14H19N5O2S/c1-18-14(11-4-2-3-5-12(11)16-18)22(20,21)17-13-8-9-15-19(13)10-6-7-10/h8-10,17H,2-7H2,1H3. The van der Waals surface area contributed by atoms with E-state index in [2.05, 4.69) is 14.9 Å². The van der Waals surface area contributed by atoms with Gasteiger partial charge in [-0.1, -0.05) is 0 Å². The predicted octanol–water partition coefficient (Wildman–Crippen LogP) is 1.63. The first-order valence-corrected chi connectivity index (χ1v) is 9.15. The molecule has 1 fully saturated rings. The molecule has 2 heterocycles. The monoisotopic (exact) mass is 321 g/mol. The van der Waals surface area contributed by atoms with Gasteiger partial charge in [-0.05, 0) is 38.5 Å². The summed E-state index contributed by atoms with van der Waals surface area (Å²) < 4.78 is 31.6. The van der Waals surface area contributed by atoms with Crippen molar-refractivity contribution in [3.63, 3.8) is 0 Å². The normalized spacial score (nSPS) is 18.2. The summed E-state index contributed by atoms with van der Waals surface area (Å²) in [5, 5.41) is 8.91. The largest absolute Gasteiger partial charge is 0.280 e. The molecule has 1 saturated carbocycles. The van der Waals surface area contributed by atoms with E-state index in [-0.39, 0.29) is 0 Å². The molecule has 2 aromatic rings. The van der Waals surface area contributed by atoms with Crippen LogP contribution >= 0.6 is 0 Å². The Hall–Kier alpha value is -1.83. The Morgan fingerprint density at radius 1 is 1.27 bits per heavy atom. The van der Waals surface area contributed by atoms with E-state index in [1.807, 2.05) is 0 Å². The van der Waals surface area contributed by atoms with Crippen molar-refractivity contribution in [2.24, 2.45) is 7.05 Å². The molecule has 0 atom stereocenters. The summed E-state index contributed by atoms with van der Waals surface area (Å²) in [6.45, 7) is 0. The van der Waals surface area contributed by atoms with E-state index >= 15 is 0 Å². The number of fused-ring (bicyclic) bond motifs is 1. The topological polar surface area (TPSA) is 81.8 Å². The molecule has 0 bridgehead atoms. The maximum atomic E-state index is 12.8. The summed E-state index contributed by atoms with van der Waals surface area (Å²) in [4.78, 5) is 0. The molecule has 1 N–H and O–H groups in total. The van der Waals surface area contributed by atoms with Crippen LogP contribution in [-0.2, 0) is 29.9 Å². The van der Waals surface area contributed by atoms with Crippen molar-refractivity contribution in [1.29, 1.82) is 0 Å². The lowest BCUT2D eigenvalue weighted by Crippen LogP contribution is -2.20. The van der Waals surface area contributed by atoms with Gasteiger partial charge in [0, 0.05) is 18.7 Å². The van der Waals surface area contributed by atoms with Crippen LogP contribution < -0.4 is 4.72 Å². The molecule has 0 unspecified atom stereocenters. The van der Waals surface area contributed by atoms with E-state index in [9.17, 15) is 8.42 Å². The van der Waals surface area contributed by atoms with Gasteiger partial charge < -0.3 is 0 Å². The third-order valence-electron chi connectivity index (χ3n) is 4.32. The zero-order valence-electron chi connectivity index (χ0n) is 12.5. The maximum Gasteiger partial charge on any atom is 0.280 e. The van der Waals surface area contributed by atoms with Crippen LogP contribution in [0.3, 0.4) is 0 Å². The van der Waals surface area contributed by atoms with Gasteiger partial charge >= 0.3 is 0 Å². The summed E-state index contributed by atoms with van der Waals surface area (Å²) in [5.41, 5.74) is 1.79. The average molecular weight is 321 g/mol. The molecule has 0 spiro atoms. The number of nitrogens with zero attached hydrogens (tertiary/aromatic N) is 4. The van der Waals surface area contributed by atoms with E-state index < -0.39 is 10.0 Å². The molecular formula is C14H19N5O2S. The Labute approximate surface area is 129 Å². The van der Waals surface area contributed by atoms with Crippen molar-refractivity contribution in [2.45, 2.75) is 49.6 Å². The molecule has 0 aliphatic heterocycles. The predicted molar refractivity (Wildman–Crippen MR) is 81.2 cm³/mol. The number of hydrogen-bond acceptors (Lipinski definition) is 4. The molecule has 4 rings (SSSR count). The fourth-order valence-electron chi connectivity index (χ4n) is 3.18. The molecule has 7 nitrogen and oxygen atoms in total. The Kier molecular flexibility index (Phi) is 3.04. The van der Waals surface area contributed by atoms with E-state index in [0.29, 0.717) is 16.9 Å². The second-order valence-electron chi connectivity index (χ2n) is 6.06. The first-order chi connectivity index (χ1) is 10.6. The second-order valence-corrected chi connectivity index (χ2v) is 7.66. The van der Waals surface area contributed by atoms with Gasteiger partial charge in [0.2, 0.25) is 0 Å². The summed E-state index contributed by atoms with van der Waals surface area (Å²) in [5.74, 6) is 0.535. The first kappa shape index (κ1) is 13.8. The third kappa shape index (κ3) is 2.22. The zero-order chi connectivity index (χ0) is 15.3. The molecule has 22 heavy (non-hydrogen) atoms. The number of sulfonamides is 1. The zero-order valence-corrected chi connectivity index (χ0v) is 13.3. The number of nitrogens with one attached hydrogen (secondary N) is 1. The number of aromatic nitrogens is 4. The summed E-state index contributed by atoms with van der Waals surface area (Å²) in [6, 6.07) is 2.03. The first-order valence-electron chi connectivity index (χ1n) is 7.67. The average Bonchev–Trinajstić information content (AvgIpc) is 3.10. The second kappa shape index (κ2) is 4.84. The molecule has 0 radical (unpaired) electrons. The molecule has 8 heteroatoms. The van der Waals surface area contributed by atoms with Crippen molar-refractivity contribution in [1.82, 2.24) is 19.6 Å². The van der Waals surface area contributed by atoms with Gasteiger partial charge in [0.25, 0.3) is 10.0 Å². The minimum absolute atomic E-state index is 0.297. The van der Waals surface area contributed by atoms with Crippen molar-refractivity contribution >= 4 is 15.8 Å². The van der Waals surface area contributed by atoms with Gasteiger partial charge in [0.05, 0.1) is 17.9 Å². The molecule has 0 amide bonds. The highest BCUT2D eigenvalue weighted by atomic mass is 32.2. The minimum Gasteiger partial charge on any atom is -0.262 e. The van der Waals surface area contributed by atoms with Crippen LogP contribution in [0.5, 0.6) is 0 Å². The molecule has 0 aromatic carbocycles. The SMILES string of the molecule is Cn1nc2c(c1S(=O)(=O)Nc1ccnn1C1CC1)CCCC2. The van der Waals surface area contributed by atoms with Crippen LogP contribution in [0.2, 0.25) is 0 Å². The molecule has 2 aromatic heterocycles. The number of hydrogen-bond donors (Lipinski definition) is 1. The van der Waals surface area contributed by atoms with Crippen molar-refractivity contribution in [2.75, 3.05) is 4.72 Å². The highest BCUT2D eigenvalue weighted by Gasteiger charge is 2.31. The Morgan fingerprint density at radius 2 is 2.05 bits per heavy atom. The van der Waals surface area contributed by atoms with E-state index in [1.165, 1.54) is 4.68 Å². The van der Waals surface area contributed by atoms with Crippen LogP contribution in [0.25, 0.3) is 0 Å². The van der Waals surface area contributed by atoms with Gasteiger partial charge in [0.1, 0.15) is 5.82 Å². The summed E-state index contributed by atoms with van der Waals surface area (Å²) >= 11 is 0. The maximum absolute atomic E-state index is 12.8. The minimum atomic E-state index is -3.65. The highest BCUT2D eigenvalue weighted by Crippen LogP contribution is 2.37. The molecular weight excluding hydrogens is 302 g/mol. The van der Waals surface area contributed by atoms with Gasteiger partial charge in [-0.25, -0.2) is 4.68 Å². The Morgan fingerprint density at radius 3 is 2.82 bits per heavy atom. The fraction of sp³-hybridized carbons (Fsp3) is 0.571. The van der Waals surface area contributed by atoms with E-state index in [0.717, 1.165) is 49.8 Å². The Bertz CT molecular complexity index is 816. The summed E-state index contributed by atoms with van der Waals surface area (Å²) in [6.07, 6.45) is 7.47. The van der Waals surface area contributed by atoms with Gasteiger partial charge in [0.15, 0.2) is 5.03 Å². The van der Waals surface area contributed by atoms with Crippen LogP contribution in [-0.4, -0.2) is 28.0 Å². The quantitative estimate of drug-likeness (QED) is 0.928. The lowest BCUT2D eigenvalue weighted by molar-refractivity contribution is 0.577.